The first kappa shape index (κ1) is 17.9. The molecule has 1 N–H and O–H groups in total. The first-order chi connectivity index (χ1) is 12.7. The van der Waals surface area contributed by atoms with Gasteiger partial charge in [-0.15, -0.1) is 0 Å². The van der Waals surface area contributed by atoms with Crippen molar-refractivity contribution in [3.63, 3.8) is 0 Å². The van der Waals surface area contributed by atoms with Crippen LogP contribution in [-0.2, 0) is 0 Å². The molecule has 0 bridgehead atoms. The van der Waals surface area contributed by atoms with Crippen LogP contribution in [-0.4, -0.2) is 24.5 Å². The summed E-state index contributed by atoms with van der Waals surface area (Å²) in [6.45, 7) is 3.24. The van der Waals surface area contributed by atoms with E-state index in [1.807, 2.05) is 54.6 Å². The molecule has 0 saturated heterocycles. The lowest BCUT2D eigenvalue weighted by Gasteiger charge is -2.19. The normalized spacial score (nSPS) is 10.7. The Labute approximate surface area is 154 Å². The van der Waals surface area contributed by atoms with Crippen molar-refractivity contribution in [3.8, 4) is 0 Å². The molecule has 134 valence electrons. The zero-order chi connectivity index (χ0) is 18.4. The summed E-state index contributed by atoms with van der Waals surface area (Å²) in [4.78, 5) is 19.1. The van der Waals surface area contributed by atoms with Gasteiger partial charge < -0.3 is 10.2 Å². The number of amides is 1. The zero-order valence-corrected chi connectivity index (χ0v) is 15.4. The molecule has 0 unspecified atom stereocenters. The quantitative estimate of drug-likeness (QED) is 0.604. The third-order valence-corrected chi connectivity index (χ3v) is 4.52. The van der Waals surface area contributed by atoms with Crippen molar-refractivity contribution in [3.05, 3.63) is 66.4 Å². The van der Waals surface area contributed by atoms with E-state index in [-0.39, 0.29) is 5.91 Å². The first-order valence-corrected chi connectivity index (χ1v) is 9.14. The van der Waals surface area contributed by atoms with E-state index in [9.17, 15) is 4.79 Å². The summed E-state index contributed by atoms with van der Waals surface area (Å²) < 4.78 is 0. The Hall–Kier alpha value is -2.88. The lowest BCUT2D eigenvalue weighted by Crippen LogP contribution is -2.18. The highest BCUT2D eigenvalue weighted by Gasteiger charge is 2.08. The van der Waals surface area contributed by atoms with Gasteiger partial charge in [-0.25, -0.2) is 0 Å². The van der Waals surface area contributed by atoms with Crippen LogP contribution < -0.4 is 10.2 Å². The van der Waals surface area contributed by atoms with Crippen molar-refractivity contribution in [2.24, 2.45) is 0 Å². The number of pyridine rings is 1. The van der Waals surface area contributed by atoms with Crippen molar-refractivity contribution < 1.29 is 4.79 Å². The molecule has 0 spiro atoms. The van der Waals surface area contributed by atoms with E-state index in [1.54, 1.807) is 6.20 Å². The molecule has 0 fully saturated rings. The number of hydrogen-bond donors (Lipinski definition) is 1. The summed E-state index contributed by atoms with van der Waals surface area (Å²) in [5, 5.41) is 3.93. The average Bonchev–Trinajstić information content (AvgIpc) is 2.68. The Morgan fingerprint density at radius 3 is 2.62 bits per heavy atom. The van der Waals surface area contributed by atoms with Crippen molar-refractivity contribution in [1.82, 2.24) is 4.98 Å². The van der Waals surface area contributed by atoms with Gasteiger partial charge in [0.25, 0.3) is 5.91 Å². The molecule has 1 heterocycles. The van der Waals surface area contributed by atoms with Crippen LogP contribution in [0.5, 0.6) is 0 Å². The van der Waals surface area contributed by atoms with Gasteiger partial charge in [-0.05, 0) is 42.8 Å². The fraction of sp³-hybridized carbons (Fsp3) is 0.273. The lowest BCUT2D eigenvalue weighted by molar-refractivity contribution is 0.102. The smallest absolute Gasteiger partial charge is 0.255 e. The van der Waals surface area contributed by atoms with Gasteiger partial charge in [0.2, 0.25) is 0 Å². The molecule has 4 nitrogen and oxygen atoms in total. The molecule has 1 aromatic heterocycles. The van der Waals surface area contributed by atoms with E-state index in [0.717, 1.165) is 23.1 Å². The lowest BCUT2D eigenvalue weighted by atomic mass is 10.1. The molecule has 0 aliphatic carbocycles. The first-order valence-electron chi connectivity index (χ1n) is 9.14. The second-order valence-corrected chi connectivity index (χ2v) is 6.55. The fourth-order valence-electron chi connectivity index (χ4n) is 2.94. The summed E-state index contributed by atoms with van der Waals surface area (Å²) in [6, 6.07) is 17.5. The van der Waals surface area contributed by atoms with Crippen LogP contribution in [0.4, 0.5) is 11.4 Å². The maximum Gasteiger partial charge on any atom is 0.255 e. The monoisotopic (exact) mass is 347 g/mol. The maximum atomic E-state index is 12.5. The summed E-state index contributed by atoms with van der Waals surface area (Å²) in [7, 11) is 2.09. The predicted octanol–water partition coefficient (Wildman–Crippen LogP) is 5.11. The summed E-state index contributed by atoms with van der Waals surface area (Å²) in [5.74, 6) is -0.123. The number of aromatic nitrogens is 1. The van der Waals surface area contributed by atoms with Crippen LogP contribution in [0.15, 0.2) is 60.8 Å². The van der Waals surface area contributed by atoms with Gasteiger partial charge in [0, 0.05) is 30.2 Å². The predicted molar refractivity (Wildman–Crippen MR) is 109 cm³/mol. The van der Waals surface area contributed by atoms with E-state index in [4.69, 9.17) is 0 Å². The van der Waals surface area contributed by atoms with E-state index in [1.165, 1.54) is 19.3 Å². The van der Waals surface area contributed by atoms with Crippen LogP contribution in [0, 0.1) is 0 Å². The molecule has 0 radical (unpaired) electrons. The van der Waals surface area contributed by atoms with E-state index in [2.05, 4.69) is 29.2 Å². The van der Waals surface area contributed by atoms with Crippen molar-refractivity contribution in [2.75, 3.05) is 23.8 Å². The van der Waals surface area contributed by atoms with Gasteiger partial charge in [-0.1, -0.05) is 38.0 Å². The fourth-order valence-corrected chi connectivity index (χ4v) is 2.94. The third-order valence-electron chi connectivity index (χ3n) is 4.52. The highest BCUT2D eigenvalue weighted by atomic mass is 16.1. The summed E-state index contributed by atoms with van der Waals surface area (Å²) >= 11 is 0. The van der Waals surface area contributed by atoms with Gasteiger partial charge >= 0.3 is 0 Å². The Morgan fingerprint density at radius 1 is 1.08 bits per heavy atom. The number of carbonyl (C=O) groups is 1. The number of anilines is 2. The molecule has 0 saturated carbocycles. The number of para-hydroxylation sites is 1. The van der Waals surface area contributed by atoms with Crippen molar-refractivity contribution >= 4 is 28.2 Å². The van der Waals surface area contributed by atoms with Crippen LogP contribution in [0.1, 0.15) is 36.5 Å². The van der Waals surface area contributed by atoms with Crippen LogP contribution in [0.2, 0.25) is 0 Å². The van der Waals surface area contributed by atoms with E-state index >= 15 is 0 Å². The molecular weight excluding hydrogens is 322 g/mol. The van der Waals surface area contributed by atoms with Gasteiger partial charge in [0.15, 0.2) is 0 Å². The topological polar surface area (TPSA) is 45.2 Å². The molecule has 0 atom stereocenters. The summed E-state index contributed by atoms with van der Waals surface area (Å²) in [5.41, 5.74) is 3.39. The Bertz CT molecular complexity index is 874. The van der Waals surface area contributed by atoms with Crippen molar-refractivity contribution in [1.29, 1.82) is 0 Å². The molecule has 2 aromatic carbocycles. The van der Waals surface area contributed by atoms with Gasteiger partial charge in [-0.3, -0.25) is 9.78 Å². The zero-order valence-electron chi connectivity index (χ0n) is 15.4. The number of unbranched alkanes of at least 4 members (excludes halogenated alkanes) is 2. The van der Waals surface area contributed by atoms with E-state index in [0.29, 0.717) is 11.3 Å². The molecule has 3 rings (SSSR count). The average molecular weight is 347 g/mol. The summed E-state index contributed by atoms with van der Waals surface area (Å²) in [6.07, 6.45) is 5.33. The SMILES string of the molecule is CCCCCN(C)c1ccc(C(=O)Nc2cnc3ccccc3c2)cc1. The number of benzene rings is 2. The minimum Gasteiger partial charge on any atom is -0.375 e. The number of fused-ring (bicyclic) bond motifs is 1. The molecule has 3 aromatic rings. The number of carbonyl (C=O) groups excluding carboxylic acids is 1. The maximum absolute atomic E-state index is 12.5. The second-order valence-electron chi connectivity index (χ2n) is 6.55. The highest BCUT2D eigenvalue weighted by Crippen LogP contribution is 2.18. The van der Waals surface area contributed by atoms with Crippen LogP contribution >= 0.6 is 0 Å². The number of rotatable bonds is 7. The molecule has 1 amide bonds. The minimum atomic E-state index is -0.123. The molecule has 0 aliphatic heterocycles. The molecule has 0 aliphatic rings. The molecular formula is C22H25N3O. The van der Waals surface area contributed by atoms with Gasteiger partial charge in [-0.2, -0.15) is 0 Å². The second kappa shape index (κ2) is 8.48. The van der Waals surface area contributed by atoms with Gasteiger partial charge in [0.05, 0.1) is 17.4 Å². The highest BCUT2D eigenvalue weighted by molar-refractivity contribution is 6.05. The minimum absolute atomic E-state index is 0.123. The van der Waals surface area contributed by atoms with Gasteiger partial charge in [0.1, 0.15) is 0 Å². The Balaban J connectivity index is 1.65. The Morgan fingerprint density at radius 2 is 1.85 bits per heavy atom. The molecule has 26 heavy (non-hydrogen) atoms. The van der Waals surface area contributed by atoms with Crippen LogP contribution in [0.3, 0.4) is 0 Å². The number of nitrogens with one attached hydrogen (secondary N) is 1. The third kappa shape index (κ3) is 4.39. The number of nitrogens with zero attached hydrogens (tertiary/aromatic N) is 2. The van der Waals surface area contributed by atoms with Crippen LogP contribution in [0.25, 0.3) is 10.9 Å². The Kier molecular flexibility index (Phi) is 5.84. The standard InChI is InChI=1S/C22H25N3O/c1-3-4-7-14-25(2)20-12-10-17(11-13-20)22(26)24-19-15-18-8-5-6-9-21(18)23-16-19/h5-6,8-13,15-16H,3-4,7,14H2,1-2H3,(H,24,26). The van der Waals surface area contributed by atoms with Crippen molar-refractivity contribution in [2.45, 2.75) is 26.2 Å². The largest absolute Gasteiger partial charge is 0.375 e. The number of hydrogen-bond acceptors (Lipinski definition) is 3. The molecule has 4 heteroatoms. The van der Waals surface area contributed by atoms with E-state index < -0.39 is 0 Å².